The van der Waals surface area contributed by atoms with Gasteiger partial charge in [0.1, 0.15) is 23.3 Å². The summed E-state index contributed by atoms with van der Waals surface area (Å²) in [5.41, 5.74) is 0.920. The molecule has 1 heterocycles. The molecule has 0 radical (unpaired) electrons. The minimum absolute atomic E-state index is 0.0729. The number of hydrogen-bond donors (Lipinski definition) is 1. The highest BCUT2D eigenvalue weighted by molar-refractivity contribution is 6.28. The zero-order valence-electron chi connectivity index (χ0n) is 10.6. The molecule has 0 amide bonds. The molecule has 4 nitrogen and oxygen atoms in total. The van der Waals surface area contributed by atoms with Gasteiger partial charge in [-0.25, -0.2) is 9.37 Å². The molecule has 0 saturated heterocycles. The zero-order chi connectivity index (χ0) is 14.8. The Morgan fingerprint density at radius 1 is 1.10 bits per heavy atom. The Morgan fingerprint density at radius 3 is 2.71 bits per heavy atom. The number of anilines is 2. The predicted octanol–water partition coefficient (Wildman–Crippen LogP) is 4.04. The number of para-hydroxylation sites is 1. The van der Waals surface area contributed by atoms with Gasteiger partial charge in [0.2, 0.25) is 5.28 Å². The van der Waals surface area contributed by atoms with Crippen molar-refractivity contribution in [2.24, 2.45) is 0 Å². The fourth-order valence-electron chi connectivity index (χ4n) is 2.01. The highest BCUT2D eigenvalue weighted by atomic mass is 35.5. The molecule has 0 saturated carbocycles. The Morgan fingerprint density at radius 2 is 1.90 bits per heavy atom. The summed E-state index contributed by atoms with van der Waals surface area (Å²) in [6.45, 7) is 0. The first-order valence-corrected chi connectivity index (χ1v) is 6.45. The number of halogens is 2. The first-order chi connectivity index (χ1) is 10.2. The van der Waals surface area contributed by atoms with E-state index in [0.717, 1.165) is 5.39 Å². The van der Waals surface area contributed by atoms with E-state index in [0.29, 0.717) is 17.0 Å². The van der Waals surface area contributed by atoms with Crippen molar-refractivity contribution in [3.63, 3.8) is 0 Å². The maximum Gasteiger partial charge on any atom is 0.224 e. The van der Waals surface area contributed by atoms with E-state index < -0.39 is 5.82 Å². The number of aromatic nitrogens is 2. The van der Waals surface area contributed by atoms with Crippen LogP contribution in [0.1, 0.15) is 5.56 Å². The number of nitrogens with zero attached hydrogens (tertiary/aromatic N) is 3. The predicted molar refractivity (Wildman–Crippen MR) is 78.9 cm³/mol. The van der Waals surface area contributed by atoms with Crippen LogP contribution in [0.5, 0.6) is 0 Å². The van der Waals surface area contributed by atoms with Gasteiger partial charge in [0.25, 0.3) is 0 Å². The van der Waals surface area contributed by atoms with Gasteiger partial charge >= 0.3 is 0 Å². The molecule has 2 aromatic carbocycles. The van der Waals surface area contributed by atoms with Crippen LogP contribution in [-0.2, 0) is 0 Å². The summed E-state index contributed by atoms with van der Waals surface area (Å²) in [4.78, 5) is 8.23. The minimum Gasteiger partial charge on any atom is -0.338 e. The van der Waals surface area contributed by atoms with Crippen LogP contribution in [0.3, 0.4) is 0 Å². The van der Waals surface area contributed by atoms with Crippen LogP contribution in [0.4, 0.5) is 15.9 Å². The Bertz CT molecular complexity index is 873. The van der Waals surface area contributed by atoms with Gasteiger partial charge in [-0.2, -0.15) is 10.2 Å². The molecule has 21 heavy (non-hydrogen) atoms. The van der Waals surface area contributed by atoms with Gasteiger partial charge in [-0.15, -0.1) is 0 Å². The summed E-state index contributed by atoms with van der Waals surface area (Å²) in [7, 11) is 0. The lowest BCUT2D eigenvalue weighted by atomic mass is 10.1. The third-order valence-corrected chi connectivity index (χ3v) is 3.12. The van der Waals surface area contributed by atoms with E-state index in [1.807, 2.05) is 24.3 Å². The molecule has 0 spiro atoms. The number of rotatable bonds is 2. The van der Waals surface area contributed by atoms with E-state index in [4.69, 9.17) is 16.9 Å². The molecule has 0 aliphatic rings. The van der Waals surface area contributed by atoms with Gasteiger partial charge in [-0.1, -0.05) is 18.2 Å². The van der Waals surface area contributed by atoms with Gasteiger partial charge in [0.15, 0.2) is 0 Å². The van der Waals surface area contributed by atoms with E-state index in [1.165, 1.54) is 12.1 Å². The van der Waals surface area contributed by atoms with Crippen molar-refractivity contribution >= 4 is 34.0 Å². The monoisotopic (exact) mass is 298 g/mol. The number of fused-ring (bicyclic) bond motifs is 1. The second-order valence-corrected chi connectivity index (χ2v) is 4.60. The maximum atomic E-state index is 13.6. The minimum atomic E-state index is -0.591. The molecule has 1 N–H and O–H groups in total. The Kier molecular flexibility index (Phi) is 3.38. The first kappa shape index (κ1) is 13.3. The third-order valence-electron chi connectivity index (χ3n) is 2.95. The van der Waals surface area contributed by atoms with Crippen molar-refractivity contribution in [3.05, 3.63) is 59.1 Å². The molecule has 0 bridgehead atoms. The Labute approximate surface area is 124 Å². The molecular weight excluding hydrogens is 291 g/mol. The molecule has 0 aliphatic heterocycles. The van der Waals surface area contributed by atoms with E-state index in [2.05, 4.69) is 15.3 Å². The van der Waals surface area contributed by atoms with Gasteiger partial charge in [-0.3, -0.25) is 0 Å². The second-order valence-electron chi connectivity index (χ2n) is 4.26. The van der Waals surface area contributed by atoms with Gasteiger partial charge in [0, 0.05) is 5.39 Å². The Hall–Kier alpha value is -2.71. The average molecular weight is 299 g/mol. The van der Waals surface area contributed by atoms with Crippen molar-refractivity contribution in [3.8, 4) is 6.07 Å². The SMILES string of the molecule is N#Cc1c(F)cccc1Nc1nc(Cl)nc2ccccc12. The van der Waals surface area contributed by atoms with E-state index in [-0.39, 0.29) is 10.8 Å². The normalized spacial score (nSPS) is 10.3. The molecule has 0 unspecified atom stereocenters. The number of nitrogens with one attached hydrogen (secondary N) is 1. The van der Waals surface area contributed by atoms with Crippen LogP contribution in [-0.4, -0.2) is 9.97 Å². The fourth-order valence-corrected chi connectivity index (χ4v) is 2.19. The first-order valence-electron chi connectivity index (χ1n) is 6.07. The lowest BCUT2D eigenvalue weighted by Crippen LogP contribution is -2.00. The number of benzene rings is 2. The molecule has 0 atom stereocenters. The summed E-state index contributed by atoms with van der Waals surface area (Å²) in [6, 6.07) is 13.5. The van der Waals surface area contributed by atoms with E-state index >= 15 is 0 Å². The Balaban J connectivity index is 2.15. The van der Waals surface area contributed by atoms with Gasteiger partial charge < -0.3 is 5.32 Å². The lowest BCUT2D eigenvalue weighted by Gasteiger charge is -2.10. The van der Waals surface area contributed by atoms with Crippen LogP contribution < -0.4 is 5.32 Å². The molecule has 102 valence electrons. The van der Waals surface area contributed by atoms with Crippen molar-refractivity contribution < 1.29 is 4.39 Å². The highest BCUT2D eigenvalue weighted by Gasteiger charge is 2.11. The van der Waals surface area contributed by atoms with Crippen LogP contribution in [0, 0.1) is 17.1 Å². The third kappa shape index (κ3) is 2.49. The smallest absolute Gasteiger partial charge is 0.224 e. The molecule has 1 aromatic heterocycles. The molecular formula is C15H8ClFN4. The van der Waals surface area contributed by atoms with Crippen LogP contribution in [0.15, 0.2) is 42.5 Å². The molecule has 0 aliphatic carbocycles. The summed E-state index contributed by atoms with van der Waals surface area (Å²) in [5.74, 6) is -0.167. The van der Waals surface area contributed by atoms with Gasteiger partial charge in [0.05, 0.1) is 11.2 Å². The van der Waals surface area contributed by atoms with Crippen LogP contribution >= 0.6 is 11.6 Å². The van der Waals surface area contributed by atoms with Crippen molar-refractivity contribution in [2.45, 2.75) is 0 Å². The number of nitriles is 1. The van der Waals surface area contributed by atoms with E-state index in [1.54, 1.807) is 12.1 Å². The second kappa shape index (κ2) is 5.35. The average Bonchev–Trinajstić information content (AvgIpc) is 2.47. The van der Waals surface area contributed by atoms with E-state index in [9.17, 15) is 4.39 Å². The highest BCUT2D eigenvalue weighted by Crippen LogP contribution is 2.27. The van der Waals surface area contributed by atoms with Crippen LogP contribution in [0.2, 0.25) is 5.28 Å². The quantitative estimate of drug-likeness (QED) is 0.725. The van der Waals surface area contributed by atoms with Crippen molar-refractivity contribution in [2.75, 3.05) is 5.32 Å². The maximum absolute atomic E-state index is 13.6. The standard InChI is InChI=1S/C15H8ClFN4/c16-15-20-12-6-2-1-4-9(12)14(21-15)19-13-7-3-5-11(17)10(13)8-18/h1-7H,(H,19,20,21). The number of hydrogen-bond acceptors (Lipinski definition) is 4. The van der Waals surface area contributed by atoms with Crippen LogP contribution in [0.25, 0.3) is 10.9 Å². The molecule has 3 aromatic rings. The summed E-state index contributed by atoms with van der Waals surface area (Å²) in [5, 5.41) is 12.8. The van der Waals surface area contributed by atoms with Gasteiger partial charge in [-0.05, 0) is 35.9 Å². The fraction of sp³-hybridized carbons (Fsp3) is 0. The summed E-state index contributed by atoms with van der Waals surface area (Å²) >= 11 is 5.89. The van der Waals surface area contributed by atoms with Crippen molar-refractivity contribution in [1.82, 2.24) is 9.97 Å². The molecule has 6 heteroatoms. The van der Waals surface area contributed by atoms with Crippen molar-refractivity contribution in [1.29, 1.82) is 5.26 Å². The molecule has 3 rings (SSSR count). The largest absolute Gasteiger partial charge is 0.338 e. The lowest BCUT2D eigenvalue weighted by molar-refractivity contribution is 0.624. The zero-order valence-corrected chi connectivity index (χ0v) is 11.4. The topological polar surface area (TPSA) is 61.6 Å². The molecule has 0 fully saturated rings. The summed E-state index contributed by atoms with van der Waals surface area (Å²) in [6.07, 6.45) is 0. The summed E-state index contributed by atoms with van der Waals surface area (Å²) < 4.78 is 13.6.